The first kappa shape index (κ1) is 9.81. The van der Waals surface area contributed by atoms with E-state index in [1.54, 1.807) is 12.3 Å². The molecule has 1 heterocycles. The largest absolute Gasteiger partial charge is 0.477 e. The molecule has 0 N–H and O–H groups in total. The van der Waals surface area contributed by atoms with Crippen molar-refractivity contribution in [2.75, 3.05) is 6.61 Å². The minimum Gasteiger partial charge on any atom is -0.477 e. The minimum absolute atomic E-state index is 0.598. The van der Waals surface area contributed by atoms with E-state index in [-0.39, 0.29) is 0 Å². The molecule has 0 amide bonds. The first-order chi connectivity index (χ1) is 5.74. The van der Waals surface area contributed by atoms with Crippen LogP contribution in [0.3, 0.4) is 0 Å². The van der Waals surface area contributed by atoms with E-state index in [1.165, 1.54) is 0 Å². The second kappa shape index (κ2) is 4.67. The standard InChI is InChI=1S/C8H9BrClNO/c1-2-3-12-8-7(9)4-6(10)5-11-8/h4-5H,2-3H2,1H3. The summed E-state index contributed by atoms with van der Waals surface area (Å²) in [4.78, 5) is 4.01. The van der Waals surface area contributed by atoms with E-state index in [9.17, 15) is 0 Å². The van der Waals surface area contributed by atoms with E-state index in [2.05, 4.69) is 20.9 Å². The molecule has 0 bridgehead atoms. The van der Waals surface area contributed by atoms with Crippen molar-refractivity contribution < 1.29 is 4.74 Å². The minimum atomic E-state index is 0.598. The van der Waals surface area contributed by atoms with Gasteiger partial charge in [0, 0.05) is 6.20 Å². The molecule has 2 nitrogen and oxygen atoms in total. The van der Waals surface area contributed by atoms with Gasteiger partial charge in [-0.05, 0) is 28.4 Å². The van der Waals surface area contributed by atoms with Crippen molar-refractivity contribution in [3.05, 3.63) is 21.8 Å². The van der Waals surface area contributed by atoms with Gasteiger partial charge in [0.2, 0.25) is 5.88 Å². The maximum absolute atomic E-state index is 5.70. The highest BCUT2D eigenvalue weighted by atomic mass is 79.9. The van der Waals surface area contributed by atoms with Gasteiger partial charge in [-0.15, -0.1) is 0 Å². The van der Waals surface area contributed by atoms with E-state index in [0.717, 1.165) is 10.9 Å². The SMILES string of the molecule is CCCOc1ncc(Cl)cc1Br. The third-order valence-corrected chi connectivity index (χ3v) is 1.99. The van der Waals surface area contributed by atoms with Gasteiger partial charge in [0.05, 0.1) is 16.1 Å². The van der Waals surface area contributed by atoms with Gasteiger partial charge in [-0.2, -0.15) is 0 Å². The Hall–Kier alpha value is -0.280. The summed E-state index contributed by atoms with van der Waals surface area (Å²) in [6.45, 7) is 2.72. The molecule has 66 valence electrons. The number of nitrogens with zero attached hydrogens (tertiary/aromatic N) is 1. The Morgan fingerprint density at radius 2 is 2.42 bits per heavy atom. The summed E-state index contributed by atoms with van der Waals surface area (Å²) in [5.41, 5.74) is 0. The fourth-order valence-corrected chi connectivity index (χ4v) is 1.46. The Labute approximate surface area is 85.0 Å². The summed E-state index contributed by atoms with van der Waals surface area (Å²) < 4.78 is 6.12. The quantitative estimate of drug-likeness (QED) is 0.821. The molecule has 0 unspecified atom stereocenters. The molecule has 4 heteroatoms. The Kier molecular flexibility index (Phi) is 3.82. The van der Waals surface area contributed by atoms with Crippen molar-refractivity contribution in [1.29, 1.82) is 0 Å². The summed E-state index contributed by atoms with van der Waals surface area (Å²) >= 11 is 9.01. The Balaban J connectivity index is 2.72. The van der Waals surface area contributed by atoms with Crippen LogP contribution in [-0.4, -0.2) is 11.6 Å². The highest BCUT2D eigenvalue weighted by molar-refractivity contribution is 9.10. The number of halogens is 2. The predicted molar refractivity (Wildman–Crippen MR) is 52.7 cm³/mol. The number of hydrogen-bond donors (Lipinski definition) is 0. The summed E-state index contributed by atoms with van der Waals surface area (Å²) in [7, 11) is 0. The average Bonchev–Trinajstić information content (AvgIpc) is 2.03. The highest BCUT2D eigenvalue weighted by Gasteiger charge is 2.01. The van der Waals surface area contributed by atoms with Crippen LogP contribution in [0.2, 0.25) is 5.02 Å². The van der Waals surface area contributed by atoms with Gasteiger partial charge in [0.15, 0.2) is 0 Å². The van der Waals surface area contributed by atoms with Crippen molar-refractivity contribution in [3.8, 4) is 5.88 Å². The molecule has 0 aliphatic rings. The predicted octanol–water partition coefficient (Wildman–Crippen LogP) is 3.29. The van der Waals surface area contributed by atoms with Crippen LogP contribution in [0.1, 0.15) is 13.3 Å². The zero-order valence-electron chi connectivity index (χ0n) is 6.68. The number of ether oxygens (including phenoxy) is 1. The maximum atomic E-state index is 5.70. The molecule has 12 heavy (non-hydrogen) atoms. The van der Waals surface area contributed by atoms with Crippen molar-refractivity contribution >= 4 is 27.5 Å². The molecule has 0 saturated carbocycles. The van der Waals surface area contributed by atoms with E-state index >= 15 is 0 Å². The molecule has 0 atom stereocenters. The van der Waals surface area contributed by atoms with E-state index < -0.39 is 0 Å². The molecule has 1 rings (SSSR count). The summed E-state index contributed by atoms with van der Waals surface area (Å²) in [5.74, 6) is 0.598. The molecule has 0 spiro atoms. The zero-order chi connectivity index (χ0) is 8.97. The topological polar surface area (TPSA) is 22.1 Å². The van der Waals surface area contributed by atoms with Gasteiger partial charge in [-0.1, -0.05) is 18.5 Å². The Morgan fingerprint density at radius 3 is 3.00 bits per heavy atom. The molecule has 0 saturated heterocycles. The van der Waals surface area contributed by atoms with Gasteiger partial charge in [0.1, 0.15) is 0 Å². The van der Waals surface area contributed by atoms with Crippen LogP contribution >= 0.6 is 27.5 Å². The van der Waals surface area contributed by atoms with Crippen LogP contribution < -0.4 is 4.74 Å². The molecule has 1 aromatic heterocycles. The van der Waals surface area contributed by atoms with Crippen LogP contribution in [0.5, 0.6) is 5.88 Å². The molecule has 0 aliphatic carbocycles. The summed E-state index contributed by atoms with van der Waals surface area (Å²) in [6.07, 6.45) is 2.54. The van der Waals surface area contributed by atoms with Crippen molar-refractivity contribution in [3.63, 3.8) is 0 Å². The lowest BCUT2D eigenvalue weighted by molar-refractivity contribution is 0.303. The maximum Gasteiger partial charge on any atom is 0.228 e. The monoisotopic (exact) mass is 249 g/mol. The number of pyridine rings is 1. The van der Waals surface area contributed by atoms with Crippen molar-refractivity contribution in [2.24, 2.45) is 0 Å². The van der Waals surface area contributed by atoms with Crippen LogP contribution in [-0.2, 0) is 0 Å². The average molecular weight is 251 g/mol. The highest BCUT2D eigenvalue weighted by Crippen LogP contribution is 2.24. The lowest BCUT2D eigenvalue weighted by Gasteiger charge is -2.04. The lowest BCUT2D eigenvalue weighted by Crippen LogP contribution is -1.97. The molecule has 0 fully saturated rings. The molecule has 0 aromatic carbocycles. The van der Waals surface area contributed by atoms with Crippen LogP contribution in [0.25, 0.3) is 0 Å². The third kappa shape index (κ3) is 2.64. The lowest BCUT2D eigenvalue weighted by atomic mass is 10.5. The fourth-order valence-electron chi connectivity index (χ4n) is 0.707. The molecule has 0 aliphatic heterocycles. The first-order valence-corrected chi connectivity index (χ1v) is 4.85. The van der Waals surface area contributed by atoms with Crippen molar-refractivity contribution in [1.82, 2.24) is 4.98 Å². The van der Waals surface area contributed by atoms with Gasteiger partial charge >= 0.3 is 0 Å². The first-order valence-electron chi connectivity index (χ1n) is 3.68. The van der Waals surface area contributed by atoms with Crippen LogP contribution in [0.15, 0.2) is 16.7 Å². The fraction of sp³-hybridized carbons (Fsp3) is 0.375. The smallest absolute Gasteiger partial charge is 0.228 e. The van der Waals surface area contributed by atoms with Crippen LogP contribution in [0, 0.1) is 0 Å². The van der Waals surface area contributed by atoms with Gasteiger partial charge in [0.25, 0.3) is 0 Å². The number of hydrogen-bond acceptors (Lipinski definition) is 2. The van der Waals surface area contributed by atoms with E-state index in [1.807, 2.05) is 6.92 Å². The van der Waals surface area contributed by atoms with E-state index in [4.69, 9.17) is 16.3 Å². The molecule has 1 aromatic rings. The number of rotatable bonds is 3. The zero-order valence-corrected chi connectivity index (χ0v) is 9.02. The molecular weight excluding hydrogens is 241 g/mol. The van der Waals surface area contributed by atoms with Gasteiger partial charge in [-0.3, -0.25) is 0 Å². The Morgan fingerprint density at radius 1 is 1.67 bits per heavy atom. The third-order valence-electron chi connectivity index (χ3n) is 1.22. The van der Waals surface area contributed by atoms with Gasteiger partial charge in [-0.25, -0.2) is 4.98 Å². The number of aromatic nitrogens is 1. The summed E-state index contributed by atoms with van der Waals surface area (Å²) in [6, 6.07) is 1.76. The van der Waals surface area contributed by atoms with Crippen LogP contribution in [0.4, 0.5) is 0 Å². The normalized spacial score (nSPS) is 9.92. The van der Waals surface area contributed by atoms with E-state index in [0.29, 0.717) is 17.5 Å². The second-order valence-electron chi connectivity index (χ2n) is 2.29. The molecule has 0 radical (unpaired) electrons. The van der Waals surface area contributed by atoms with Gasteiger partial charge < -0.3 is 4.74 Å². The summed E-state index contributed by atoms with van der Waals surface area (Å²) in [5, 5.41) is 0.603. The second-order valence-corrected chi connectivity index (χ2v) is 3.58. The molecular formula is C8H9BrClNO. The Bertz CT molecular complexity index is 267. The van der Waals surface area contributed by atoms with Crippen molar-refractivity contribution in [2.45, 2.75) is 13.3 Å².